The number of aromatic nitrogens is 3. The van der Waals surface area contributed by atoms with Gasteiger partial charge in [-0.05, 0) is 24.6 Å². The molecule has 0 N–H and O–H groups in total. The zero-order valence-corrected chi connectivity index (χ0v) is 12.4. The Morgan fingerprint density at radius 2 is 2.10 bits per heavy atom. The van der Waals surface area contributed by atoms with E-state index >= 15 is 0 Å². The van der Waals surface area contributed by atoms with E-state index in [0.29, 0.717) is 23.9 Å². The molecule has 0 amide bonds. The summed E-state index contributed by atoms with van der Waals surface area (Å²) in [4.78, 5) is 4.27. The molecule has 6 nitrogen and oxygen atoms in total. The summed E-state index contributed by atoms with van der Waals surface area (Å²) < 4.78 is 28.3. The van der Waals surface area contributed by atoms with Crippen LogP contribution < -0.4 is 0 Å². The number of aryl methyl sites for hydroxylation is 1. The lowest BCUT2D eigenvalue weighted by Gasteiger charge is -2.26. The minimum atomic E-state index is -3.55. The van der Waals surface area contributed by atoms with Crippen molar-refractivity contribution < 1.29 is 8.42 Å². The Labute approximate surface area is 122 Å². The van der Waals surface area contributed by atoms with E-state index in [1.165, 1.54) is 16.7 Å². The van der Waals surface area contributed by atoms with Gasteiger partial charge in [0.1, 0.15) is 12.2 Å². The van der Waals surface area contributed by atoms with Crippen LogP contribution in [0.4, 0.5) is 0 Å². The van der Waals surface area contributed by atoms with Gasteiger partial charge in [-0.2, -0.15) is 9.40 Å². The van der Waals surface area contributed by atoms with Gasteiger partial charge in [-0.15, -0.1) is 0 Å². The van der Waals surface area contributed by atoms with Crippen LogP contribution in [0.3, 0.4) is 0 Å². The van der Waals surface area contributed by atoms with Crippen molar-refractivity contribution in [2.45, 2.75) is 24.9 Å². The van der Waals surface area contributed by atoms with Crippen molar-refractivity contribution in [1.29, 1.82) is 0 Å². The molecular formula is C12H13ClN4O2S. The van der Waals surface area contributed by atoms with Gasteiger partial charge in [-0.3, -0.25) is 0 Å². The molecule has 20 heavy (non-hydrogen) atoms. The maximum absolute atomic E-state index is 12.6. The quantitative estimate of drug-likeness (QED) is 0.841. The van der Waals surface area contributed by atoms with E-state index in [4.69, 9.17) is 11.6 Å². The summed E-state index contributed by atoms with van der Waals surface area (Å²) in [6.45, 7) is 2.95. The second-order valence-corrected chi connectivity index (χ2v) is 6.99. The Morgan fingerprint density at radius 1 is 1.30 bits per heavy atom. The van der Waals surface area contributed by atoms with Crippen molar-refractivity contribution in [2.75, 3.05) is 6.54 Å². The van der Waals surface area contributed by atoms with Gasteiger partial charge < -0.3 is 0 Å². The molecule has 0 fully saturated rings. The van der Waals surface area contributed by atoms with Crippen molar-refractivity contribution in [3.8, 4) is 0 Å². The van der Waals surface area contributed by atoms with Crippen LogP contribution in [0.1, 0.15) is 11.4 Å². The molecule has 0 bridgehead atoms. The average Bonchev–Trinajstić information content (AvgIpc) is 2.89. The van der Waals surface area contributed by atoms with E-state index in [1.807, 2.05) is 6.92 Å². The number of halogens is 1. The summed E-state index contributed by atoms with van der Waals surface area (Å²) in [5.41, 5.74) is 0.851. The zero-order valence-electron chi connectivity index (χ0n) is 10.8. The van der Waals surface area contributed by atoms with Crippen LogP contribution in [0, 0.1) is 6.92 Å². The van der Waals surface area contributed by atoms with Crippen LogP contribution in [0.2, 0.25) is 5.02 Å². The fourth-order valence-corrected chi connectivity index (χ4v) is 3.79. The predicted octanol–water partition coefficient (Wildman–Crippen LogP) is 1.44. The van der Waals surface area contributed by atoms with Gasteiger partial charge in [0.25, 0.3) is 0 Å². The topological polar surface area (TPSA) is 68.1 Å². The molecule has 0 saturated heterocycles. The molecule has 0 saturated carbocycles. The van der Waals surface area contributed by atoms with Crippen molar-refractivity contribution in [3.63, 3.8) is 0 Å². The molecule has 2 aromatic rings. The highest BCUT2D eigenvalue weighted by atomic mass is 35.5. The van der Waals surface area contributed by atoms with Gasteiger partial charge in [0, 0.05) is 11.6 Å². The monoisotopic (exact) mass is 312 g/mol. The van der Waals surface area contributed by atoms with Gasteiger partial charge in [-0.1, -0.05) is 17.7 Å². The second kappa shape index (κ2) is 4.83. The first-order valence-electron chi connectivity index (χ1n) is 6.11. The molecule has 106 valence electrons. The number of nitrogens with zero attached hydrogens (tertiary/aromatic N) is 4. The van der Waals surface area contributed by atoms with Crippen LogP contribution in [0.5, 0.6) is 0 Å². The number of benzene rings is 1. The van der Waals surface area contributed by atoms with Crippen molar-refractivity contribution in [1.82, 2.24) is 19.1 Å². The summed E-state index contributed by atoms with van der Waals surface area (Å²) in [7, 11) is -3.55. The lowest BCUT2D eigenvalue weighted by atomic mass is 10.2. The molecule has 1 aliphatic rings. The number of rotatable bonds is 2. The van der Waals surface area contributed by atoms with Crippen LogP contribution in [0.25, 0.3) is 0 Å². The number of hydrogen-bond donors (Lipinski definition) is 0. The fourth-order valence-electron chi connectivity index (χ4n) is 2.13. The summed E-state index contributed by atoms with van der Waals surface area (Å²) >= 11 is 6.01. The highest BCUT2D eigenvalue weighted by molar-refractivity contribution is 7.89. The third kappa shape index (κ3) is 2.21. The molecule has 0 aliphatic carbocycles. The minimum absolute atomic E-state index is 0.209. The molecule has 3 rings (SSSR count). The summed E-state index contributed by atoms with van der Waals surface area (Å²) in [6, 6.07) is 4.78. The summed E-state index contributed by atoms with van der Waals surface area (Å²) in [6.07, 6.45) is 1.44. The SMILES string of the molecule is Cc1ccc(S(=O)(=O)N2CCn3ncnc3C2)cc1Cl. The minimum Gasteiger partial charge on any atom is -0.247 e. The lowest BCUT2D eigenvalue weighted by molar-refractivity contribution is 0.321. The Balaban J connectivity index is 1.95. The molecule has 0 unspecified atom stereocenters. The molecule has 2 heterocycles. The Morgan fingerprint density at radius 3 is 2.85 bits per heavy atom. The van der Waals surface area contributed by atoms with Crippen LogP contribution in [0.15, 0.2) is 29.4 Å². The fraction of sp³-hybridized carbons (Fsp3) is 0.333. The normalized spacial score (nSPS) is 16.1. The maximum Gasteiger partial charge on any atom is 0.243 e. The molecular weight excluding hydrogens is 300 g/mol. The van der Waals surface area contributed by atoms with Gasteiger partial charge >= 0.3 is 0 Å². The Hall–Kier alpha value is -1.44. The number of hydrogen-bond acceptors (Lipinski definition) is 4. The highest BCUT2D eigenvalue weighted by Gasteiger charge is 2.29. The third-order valence-electron chi connectivity index (χ3n) is 3.36. The summed E-state index contributed by atoms with van der Waals surface area (Å²) in [5.74, 6) is 0.651. The second-order valence-electron chi connectivity index (χ2n) is 4.65. The Bertz CT molecular complexity index is 757. The first-order valence-corrected chi connectivity index (χ1v) is 7.93. The molecule has 0 spiro atoms. The Kier molecular flexibility index (Phi) is 3.27. The van der Waals surface area contributed by atoms with E-state index < -0.39 is 10.0 Å². The molecule has 1 aliphatic heterocycles. The number of sulfonamides is 1. The molecule has 1 aromatic carbocycles. The predicted molar refractivity (Wildman–Crippen MR) is 73.8 cm³/mol. The maximum atomic E-state index is 12.6. The van der Waals surface area contributed by atoms with Crippen LogP contribution in [-0.4, -0.2) is 34.0 Å². The van der Waals surface area contributed by atoms with Gasteiger partial charge in [0.15, 0.2) is 0 Å². The van der Waals surface area contributed by atoms with E-state index in [1.54, 1.807) is 16.8 Å². The van der Waals surface area contributed by atoms with Gasteiger partial charge in [-0.25, -0.2) is 18.1 Å². The van der Waals surface area contributed by atoms with Crippen LogP contribution >= 0.6 is 11.6 Å². The van der Waals surface area contributed by atoms with Crippen molar-refractivity contribution >= 4 is 21.6 Å². The first kappa shape index (κ1) is 13.5. The summed E-state index contributed by atoms with van der Waals surface area (Å²) in [5, 5.41) is 4.48. The first-order chi connectivity index (χ1) is 9.48. The van der Waals surface area contributed by atoms with E-state index in [2.05, 4.69) is 10.1 Å². The van der Waals surface area contributed by atoms with E-state index in [-0.39, 0.29) is 11.4 Å². The molecule has 8 heteroatoms. The van der Waals surface area contributed by atoms with Crippen molar-refractivity contribution in [2.24, 2.45) is 0 Å². The van der Waals surface area contributed by atoms with E-state index in [9.17, 15) is 8.42 Å². The lowest BCUT2D eigenvalue weighted by Crippen LogP contribution is -2.38. The smallest absolute Gasteiger partial charge is 0.243 e. The highest BCUT2D eigenvalue weighted by Crippen LogP contribution is 2.24. The third-order valence-corrected chi connectivity index (χ3v) is 5.60. The largest absolute Gasteiger partial charge is 0.247 e. The standard InChI is InChI=1S/C12H13ClN4O2S/c1-9-2-3-10(6-11(9)13)20(18,19)16-4-5-17-12(7-16)14-8-15-17/h2-3,6,8H,4-5,7H2,1H3. The van der Waals surface area contributed by atoms with Crippen molar-refractivity contribution in [3.05, 3.63) is 40.9 Å². The van der Waals surface area contributed by atoms with Crippen LogP contribution in [-0.2, 0) is 23.1 Å². The molecule has 1 aromatic heterocycles. The molecule has 0 atom stereocenters. The number of fused-ring (bicyclic) bond motifs is 1. The van der Waals surface area contributed by atoms with Gasteiger partial charge in [0.2, 0.25) is 10.0 Å². The molecule has 0 radical (unpaired) electrons. The average molecular weight is 313 g/mol. The van der Waals surface area contributed by atoms with E-state index in [0.717, 1.165) is 5.56 Å². The zero-order chi connectivity index (χ0) is 14.3. The van der Waals surface area contributed by atoms with Gasteiger partial charge in [0.05, 0.1) is 18.0 Å².